The molecule has 1 amide bonds. The Morgan fingerprint density at radius 3 is 2.50 bits per heavy atom. The third-order valence-corrected chi connectivity index (χ3v) is 5.40. The molecule has 28 heavy (non-hydrogen) atoms. The van der Waals surface area contributed by atoms with Gasteiger partial charge in [0, 0.05) is 36.8 Å². The number of carbonyl (C=O) groups is 2. The summed E-state index contributed by atoms with van der Waals surface area (Å²) < 4.78 is 0. The third-order valence-electron chi connectivity index (χ3n) is 4.08. The Balaban J connectivity index is 1.58. The standard InChI is InChI=1S/C20H19ClN4O2S/c1-25(2)16-9-3-13(4-10-16)12-22-24-20-23-19(27)18(28-20)11-17(26)14-5-7-15(21)8-6-14/h3-10,12,18H,11H2,1-2H3,(H,23,24,27). The lowest BCUT2D eigenvalue weighted by Crippen LogP contribution is -2.26. The zero-order chi connectivity index (χ0) is 20.1. The fourth-order valence-electron chi connectivity index (χ4n) is 2.52. The summed E-state index contributed by atoms with van der Waals surface area (Å²) in [6.45, 7) is 0. The number of rotatable bonds is 6. The van der Waals surface area contributed by atoms with E-state index >= 15 is 0 Å². The van der Waals surface area contributed by atoms with Crippen LogP contribution in [-0.4, -0.2) is 42.4 Å². The number of anilines is 1. The molecule has 2 aromatic carbocycles. The number of nitrogens with zero attached hydrogens (tertiary/aromatic N) is 3. The van der Waals surface area contributed by atoms with Gasteiger partial charge in [0.1, 0.15) is 0 Å². The number of nitrogens with one attached hydrogen (secondary N) is 1. The van der Waals surface area contributed by atoms with E-state index in [2.05, 4.69) is 15.5 Å². The average Bonchev–Trinajstić information content (AvgIpc) is 3.02. The second-order valence-corrected chi connectivity index (χ2v) is 7.99. The number of Topliss-reactive ketones (excluding diaryl/α,β-unsaturated/α-hetero) is 1. The van der Waals surface area contributed by atoms with Gasteiger partial charge in [0.05, 0.1) is 11.5 Å². The second-order valence-electron chi connectivity index (χ2n) is 6.37. The molecule has 1 unspecified atom stereocenters. The first-order valence-corrected chi connectivity index (χ1v) is 9.83. The van der Waals surface area contributed by atoms with Gasteiger partial charge in [-0.15, -0.1) is 5.10 Å². The van der Waals surface area contributed by atoms with Crippen LogP contribution in [-0.2, 0) is 4.79 Å². The van der Waals surface area contributed by atoms with Crippen LogP contribution in [0.3, 0.4) is 0 Å². The van der Waals surface area contributed by atoms with Gasteiger partial charge in [-0.2, -0.15) is 5.10 Å². The summed E-state index contributed by atoms with van der Waals surface area (Å²) in [7, 11) is 3.95. The summed E-state index contributed by atoms with van der Waals surface area (Å²) in [5, 5.41) is 11.2. The van der Waals surface area contributed by atoms with Crippen molar-refractivity contribution in [2.45, 2.75) is 11.7 Å². The molecule has 144 valence electrons. The van der Waals surface area contributed by atoms with Crippen molar-refractivity contribution in [2.75, 3.05) is 19.0 Å². The third kappa shape index (κ3) is 5.21. The zero-order valence-corrected chi connectivity index (χ0v) is 17.0. The van der Waals surface area contributed by atoms with Gasteiger partial charge < -0.3 is 10.2 Å². The molecule has 0 radical (unpaired) electrons. The summed E-state index contributed by atoms with van der Waals surface area (Å²) in [5.41, 5.74) is 2.52. The molecular weight excluding hydrogens is 396 g/mol. The number of amides is 1. The SMILES string of the molecule is CN(C)c1ccc(C=NN=C2NC(=O)C(CC(=O)c3ccc(Cl)cc3)S2)cc1. The van der Waals surface area contributed by atoms with Crippen LogP contribution in [0.4, 0.5) is 5.69 Å². The number of hydrogen-bond donors (Lipinski definition) is 1. The molecule has 6 nitrogen and oxygen atoms in total. The number of ketones is 1. The van der Waals surface area contributed by atoms with E-state index in [0.29, 0.717) is 15.8 Å². The first-order chi connectivity index (χ1) is 13.4. The minimum Gasteiger partial charge on any atom is -0.378 e. The molecule has 0 aromatic heterocycles. The number of amidine groups is 1. The minimum absolute atomic E-state index is 0.0901. The molecule has 0 spiro atoms. The zero-order valence-electron chi connectivity index (χ0n) is 15.4. The van der Waals surface area contributed by atoms with Crippen LogP contribution in [0.25, 0.3) is 0 Å². The Kier molecular flexibility index (Phi) is 6.49. The number of halogens is 1. The van der Waals surface area contributed by atoms with Crippen LogP contribution >= 0.6 is 23.4 Å². The lowest BCUT2D eigenvalue weighted by atomic mass is 10.1. The second kappa shape index (κ2) is 9.03. The van der Waals surface area contributed by atoms with Crippen LogP contribution in [0.5, 0.6) is 0 Å². The maximum Gasteiger partial charge on any atom is 0.240 e. The van der Waals surface area contributed by atoms with Gasteiger partial charge in [-0.25, -0.2) is 0 Å². The van der Waals surface area contributed by atoms with Crippen LogP contribution in [0.15, 0.2) is 58.7 Å². The van der Waals surface area contributed by atoms with Crippen molar-refractivity contribution in [1.82, 2.24) is 5.32 Å². The normalized spacial score (nSPS) is 17.9. The van der Waals surface area contributed by atoms with E-state index in [1.165, 1.54) is 11.8 Å². The van der Waals surface area contributed by atoms with E-state index in [4.69, 9.17) is 11.6 Å². The summed E-state index contributed by atoms with van der Waals surface area (Å²) in [4.78, 5) is 26.4. The summed E-state index contributed by atoms with van der Waals surface area (Å²) in [6.07, 6.45) is 1.71. The van der Waals surface area contributed by atoms with E-state index < -0.39 is 5.25 Å². The van der Waals surface area contributed by atoms with E-state index in [-0.39, 0.29) is 18.1 Å². The van der Waals surface area contributed by atoms with Gasteiger partial charge in [0.15, 0.2) is 11.0 Å². The molecule has 1 N–H and O–H groups in total. The highest BCUT2D eigenvalue weighted by Crippen LogP contribution is 2.24. The summed E-state index contributed by atoms with van der Waals surface area (Å²) >= 11 is 7.04. The van der Waals surface area contributed by atoms with Crippen LogP contribution in [0.2, 0.25) is 5.02 Å². The van der Waals surface area contributed by atoms with Crippen LogP contribution in [0, 0.1) is 0 Å². The highest BCUT2D eigenvalue weighted by atomic mass is 35.5. The number of benzene rings is 2. The molecule has 8 heteroatoms. The molecule has 1 aliphatic heterocycles. The molecule has 0 aliphatic carbocycles. The molecule has 2 aromatic rings. The smallest absolute Gasteiger partial charge is 0.240 e. The molecule has 1 heterocycles. The maximum atomic E-state index is 12.3. The first-order valence-electron chi connectivity index (χ1n) is 8.57. The summed E-state index contributed by atoms with van der Waals surface area (Å²) in [6, 6.07) is 14.5. The quantitative estimate of drug-likeness (QED) is 0.445. The molecule has 1 aliphatic rings. The lowest BCUT2D eigenvalue weighted by molar-refractivity contribution is -0.118. The van der Waals surface area contributed by atoms with Gasteiger partial charge >= 0.3 is 0 Å². The number of carbonyl (C=O) groups excluding carboxylic acids is 2. The Morgan fingerprint density at radius 1 is 1.18 bits per heavy atom. The molecule has 1 atom stereocenters. The Bertz CT molecular complexity index is 924. The molecule has 1 fully saturated rings. The van der Waals surface area contributed by atoms with Crippen molar-refractivity contribution in [3.63, 3.8) is 0 Å². The Hall–Kier alpha value is -2.64. The van der Waals surface area contributed by atoms with E-state index in [9.17, 15) is 9.59 Å². The number of thioether (sulfide) groups is 1. The molecule has 3 rings (SSSR count). The summed E-state index contributed by atoms with van der Waals surface area (Å²) in [5.74, 6) is -0.355. The van der Waals surface area contributed by atoms with Crippen molar-refractivity contribution in [3.05, 3.63) is 64.7 Å². The predicted octanol–water partition coefficient (Wildman–Crippen LogP) is 3.60. The van der Waals surface area contributed by atoms with Crippen LogP contribution in [0.1, 0.15) is 22.3 Å². The minimum atomic E-state index is -0.517. The first kappa shape index (κ1) is 20.1. The van der Waals surface area contributed by atoms with Gasteiger partial charge in [-0.05, 0) is 42.0 Å². The van der Waals surface area contributed by atoms with E-state index in [1.807, 2.05) is 43.3 Å². The fourth-order valence-corrected chi connectivity index (χ4v) is 3.57. The molecule has 0 saturated carbocycles. The largest absolute Gasteiger partial charge is 0.378 e. The van der Waals surface area contributed by atoms with Crippen molar-refractivity contribution >= 4 is 52.1 Å². The molecule has 1 saturated heterocycles. The van der Waals surface area contributed by atoms with Gasteiger partial charge in [0.25, 0.3) is 0 Å². The van der Waals surface area contributed by atoms with Crippen molar-refractivity contribution in [3.8, 4) is 0 Å². The highest BCUT2D eigenvalue weighted by molar-refractivity contribution is 8.15. The predicted molar refractivity (Wildman–Crippen MR) is 116 cm³/mol. The van der Waals surface area contributed by atoms with E-state index in [1.54, 1.807) is 30.5 Å². The van der Waals surface area contributed by atoms with Crippen molar-refractivity contribution < 1.29 is 9.59 Å². The lowest BCUT2D eigenvalue weighted by Gasteiger charge is -2.11. The van der Waals surface area contributed by atoms with Gasteiger partial charge in [0.2, 0.25) is 5.91 Å². The number of hydrogen-bond acceptors (Lipinski definition) is 6. The Morgan fingerprint density at radius 2 is 1.86 bits per heavy atom. The average molecular weight is 415 g/mol. The monoisotopic (exact) mass is 414 g/mol. The highest BCUT2D eigenvalue weighted by Gasteiger charge is 2.32. The Labute approximate surface area is 172 Å². The fraction of sp³-hybridized carbons (Fsp3) is 0.200. The van der Waals surface area contributed by atoms with Crippen molar-refractivity contribution in [2.24, 2.45) is 10.2 Å². The molecule has 0 bridgehead atoms. The van der Waals surface area contributed by atoms with Crippen LogP contribution < -0.4 is 10.2 Å². The topological polar surface area (TPSA) is 74.1 Å². The van der Waals surface area contributed by atoms with Gasteiger partial charge in [-0.1, -0.05) is 35.5 Å². The van der Waals surface area contributed by atoms with Gasteiger partial charge in [-0.3, -0.25) is 9.59 Å². The van der Waals surface area contributed by atoms with Crippen molar-refractivity contribution in [1.29, 1.82) is 0 Å². The van der Waals surface area contributed by atoms with E-state index in [0.717, 1.165) is 11.3 Å². The molecular formula is C20H19ClN4O2S. The maximum absolute atomic E-state index is 12.3.